The summed E-state index contributed by atoms with van der Waals surface area (Å²) in [5.41, 5.74) is 2.12. The molecule has 0 radical (unpaired) electrons. The highest BCUT2D eigenvalue weighted by atomic mass is 32.1. The zero-order valence-corrected chi connectivity index (χ0v) is 16.9. The van der Waals surface area contributed by atoms with Gasteiger partial charge >= 0.3 is 5.97 Å². The van der Waals surface area contributed by atoms with Crippen LogP contribution in [0.15, 0.2) is 30.3 Å². The molecule has 8 heteroatoms. The van der Waals surface area contributed by atoms with E-state index in [1.54, 1.807) is 18.2 Å². The third-order valence-electron chi connectivity index (χ3n) is 4.83. The van der Waals surface area contributed by atoms with Gasteiger partial charge in [0.2, 0.25) is 5.91 Å². The number of carbonyl (C=O) groups is 2. The number of carbonyl (C=O) groups excluding carboxylic acids is 2. The fourth-order valence-corrected chi connectivity index (χ4v) is 4.64. The molecule has 1 N–H and O–H groups in total. The maximum Gasteiger partial charge on any atom is 0.341 e. The van der Waals surface area contributed by atoms with Crippen LogP contribution in [-0.2, 0) is 22.4 Å². The number of hydrogen-bond acceptors (Lipinski definition) is 6. The third-order valence-corrected chi connectivity index (χ3v) is 6.04. The molecular weight excluding hydrogens is 392 g/mol. The summed E-state index contributed by atoms with van der Waals surface area (Å²) in [4.78, 5) is 36.2. The lowest BCUT2D eigenvalue weighted by molar-refractivity contribution is -0.384. The molecule has 152 valence electrons. The van der Waals surface area contributed by atoms with Gasteiger partial charge in [-0.15, -0.1) is 11.3 Å². The van der Waals surface area contributed by atoms with E-state index in [2.05, 4.69) is 5.32 Å². The lowest BCUT2D eigenvalue weighted by atomic mass is 9.96. The standard InChI is InChI=1S/C21H22N2O5S/c1-28-21(25)19-16-6-4-2-3-5-7-17(16)29-20(19)22-18(24)13-10-14-8-11-15(12-9-14)23(26)27/h8-13H,2-7H2,1H3,(H,22,24)/b13-10-. The van der Waals surface area contributed by atoms with Crippen LogP contribution in [-0.4, -0.2) is 23.9 Å². The first-order chi connectivity index (χ1) is 14.0. The first-order valence-corrected chi connectivity index (χ1v) is 10.3. The summed E-state index contributed by atoms with van der Waals surface area (Å²) in [6.07, 6.45) is 9.02. The van der Waals surface area contributed by atoms with Gasteiger partial charge in [-0.3, -0.25) is 14.9 Å². The number of nitro groups is 1. The maximum atomic E-state index is 12.4. The summed E-state index contributed by atoms with van der Waals surface area (Å²) in [7, 11) is 1.34. The molecule has 0 saturated carbocycles. The van der Waals surface area contributed by atoms with E-state index in [0.717, 1.165) is 42.5 Å². The Morgan fingerprint density at radius 2 is 1.83 bits per heavy atom. The Kier molecular flexibility index (Phi) is 6.77. The van der Waals surface area contributed by atoms with Gasteiger partial charge in [-0.2, -0.15) is 0 Å². The van der Waals surface area contributed by atoms with Crippen LogP contribution in [0.1, 0.15) is 52.0 Å². The first kappa shape index (κ1) is 20.7. The Balaban J connectivity index is 1.79. The fraction of sp³-hybridized carbons (Fsp3) is 0.333. The van der Waals surface area contributed by atoms with Crippen LogP contribution >= 0.6 is 11.3 Å². The minimum atomic E-state index is -0.475. The topological polar surface area (TPSA) is 98.5 Å². The van der Waals surface area contributed by atoms with Crippen molar-refractivity contribution in [3.05, 3.63) is 62.0 Å². The molecule has 0 atom stereocenters. The zero-order chi connectivity index (χ0) is 20.8. The van der Waals surface area contributed by atoms with E-state index in [4.69, 9.17) is 4.74 Å². The molecule has 0 saturated heterocycles. The maximum absolute atomic E-state index is 12.4. The van der Waals surface area contributed by atoms with E-state index in [1.807, 2.05) is 0 Å². The molecule has 0 spiro atoms. The Hall–Kier alpha value is -3.00. The highest BCUT2D eigenvalue weighted by Gasteiger charge is 2.25. The van der Waals surface area contributed by atoms with Crippen LogP contribution in [0.5, 0.6) is 0 Å². The molecule has 1 aromatic carbocycles. The van der Waals surface area contributed by atoms with E-state index < -0.39 is 10.9 Å². The zero-order valence-electron chi connectivity index (χ0n) is 16.1. The van der Waals surface area contributed by atoms with E-state index in [0.29, 0.717) is 16.1 Å². The molecule has 0 unspecified atom stereocenters. The first-order valence-electron chi connectivity index (χ1n) is 9.46. The second-order valence-electron chi connectivity index (χ2n) is 6.78. The number of non-ortho nitro benzene ring substituents is 1. The number of ether oxygens (including phenoxy) is 1. The predicted molar refractivity (Wildman–Crippen MR) is 112 cm³/mol. The Morgan fingerprint density at radius 1 is 1.14 bits per heavy atom. The fourth-order valence-electron chi connectivity index (χ4n) is 3.36. The number of nitrogens with zero attached hydrogens (tertiary/aromatic N) is 1. The molecule has 1 heterocycles. The molecule has 0 bridgehead atoms. The number of nitrogens with one attached hydrogen (secondary N) is 1. The van der Waals surface area contributed by atoms with Gasteiger partial charge in [-0.05, 0) is 55.0 Å². The van der Waals surface area contributed by atoms with Crippen molar-refractivity contribution in [3.8, 4) is 0 Å². The number of nitro benzene ring substituents is 1. The second-order valence-corrected chi connectivity index (χ2v) is 7.89. The van der Waals surface area contributed by atoms with Gasteiger partial charge in [0.25, 0.3) is 5.69 Å². The molecule has 1 amide bonds. The molecule has 2 aromatic rings. The number of methoxy groups -OCH3 is 1. The van der Waals surface area contributed by atoms with Crippen molar-refractivity contribution in [2.75, 3.05) is 12.4 Å². The third kappa shape index (κ3) is 5.08. The van der Waals surface area contributed by atoms with Gasteiger partial charge in [-0.1, -0.05) is 12.8 Å². The lowest BCUT2D eigenvalue weighted by Crippen LogP contribution is -2.12. The van der Waals surface area contributed by atoms with Crippen LogP contribution in [0.2, 0.25) is 0 Å². The van der Waals surface area contributed by atoms with Gasteiger partial charge in [0.05, 0.1) is 17.6 Å². The molecule has 3 rings (SSSR count). The molecule has 7 nitrogen and oxygen atoms in total. The van der Waals surface area contributed by atoms with Crippen LogP contribution in [0.4, 0.5) is 10.7 Å². The number of thiophene rings is 1. The number of benzene rings is 1. The minimum Gasteiger partial charge on any atom is -0.465 e. The summed E-state index contributed by atoms with van der Waals surface area (Å²) in [5, 5.41) is 14.0. The quantitative estimate of drug-likeness (QED) is 0.329. The Bertz CT molecular complexity index is 947. The minimum absolute atomic E-state index is 0.00896. The normalized spacial score (nSPS) is 14.0. The van der Waals surface area contributed by atoms with Crippen LogP contribution in [0.3, 0.4) is 0 Å². The number of aryl methyl sites for hydroxylation is 1. The van der Waals surface area contributed by atoms with Crippen LogP contribution < -0.4 is 5.32 Å². The van der Waals surface area contributed by atoms with Gasteiger partial charge in [0, 0.05) is 23.1 Å². The Labute approximate surface area is 172 Å². The lowest BCUT2D eigenvalue weighted by Gasteiger charge is -2.10. The number of amides is 1. The summed E-state index contributed by atoms with van der Waals surface area (Å²) in [6.45, 7) is 0. The van der Waals surface area contributed by atoms with Crippen molar-refractivity contribution in [3.63, 3.8) is 0 Å². The second kappa shape index (κ2) is 9.47. The van der Waals surface area contributed by atoms with E-state index in [-0.39, 0.29) is 11.6 Å². The molecular formula is C21H22N2O5S. The van der Waals surface area contributed by atoms with Gasteiger partial charge < -0.3 is 10.1 Å². The number of hydrogen-bond donors (Lipinski definition) is 1. The van der Waals surface area contributed by atoms with Gasteiger partial charge in [0.15, 0.2) is 0 Å². The monoisotopic (exact) mass is 414 g/mol. The summed E-state index contributed by atoms with van der Waals surface area (Å²) in [5.74, 6) is -0.805. The van der Waals surface area contributed by atoms with E-state index >= 15 is 0 Å². The number of fused-ring (bicyclic) bond motifs is 1. The van der Waals surface area contributed by atoms with Gasteiger partial charge in [-0.25, -0.2) is 4.79 Å². The predicted octanol–water partition coefficient (Wildman–Crippen LogP) is 4.75. The highest BCUT2D eigenvalue weighted by molar-refractivity contribution is 7.17. The largest absolute Gasteiger partial charge is 0.465 e. The van der Waals surface area contributed by atoms with Crippen molar-refractivity contribution in [1.82, 2.24) is 0 Å². The van der Waals surface area contributed by atoms with E-state index in [1.165, 1.54) is 43.1 Å². The molecule has 1 aromatic heterocycles. The van der Waals surface area contributed by atoms with E-state index in [9.17, 15) is 19.7 Å². The van der Waals surface area contributed by atoms with Crippen molar-refractivity contribution >= 4 is 40.0 Å². The molecule has 0 fully saturated rings. The smallest absolute Gasteiger partial charge is 0.341 e. The van der Waals surface area contributed by atoms with Gasteiger partial charge in [0.1, 0.15) is 5.00 Å². The molecule has 0 aliphatic heterocycles. The average molecular weight is 414 g/mol. The van der Waals surface area contributed by atoms with Crippen molar-refractivity contribution in [2.45, 2.75) is 38.5 Å². The number of rotatable bonds is 5. The number of anilines is 1. The average Bonchev–Trinajstić information content (AvgIpc) is 3.02. The van der Waals surface area contributed by atoms with Crippen molar-refractivity contribution < 1.29 is 19.2 Å². The van der Waals surface area contributed by atoms with Crippen molar-refractivity contribution in [1.29, 1.82) is 0 Å². The SMILES string of the molecule is COC(=O)c1c(NC(=O)/C=C\c2ccc([N+](=O)[O-])cc2)sc2c1CCCCCC2. The highest BCUT2D eigenvalue weighted by Crippen LogP contribution is 2.37. The summed E-state index contributed by atoms with van der Waals surface area (Å²) >= 11 is 1.44. The summed E-state index contributed by atoms with van der Waals surface area (Å²) < 4.78 is 4.96. The Morgan fingerprint density at radius 3 is 2.48 bits per heavy atom. The molecule has 1 aliphatic rings. The van der Waals surface area contributed by atoms with Crippen LogP contribution in [0, 0.1) is 10.1 Å². The summed E-state index contributed by atoms with van der Waals surface area (Å²) in [6, 6.07) is 5.90. The molecule has 1 aliphatic carbocycles. The van der Waals surface area contributed by atoms with Crippen LogP contribution in [0.25, 0.3) is 6.08 Å². The number of esters is 1. The molecule has 29 heavy (non-hydrogen) atoms. The van der Waals surface area contributed by atoms with Crippen molar-refractivity contribution in [2.24, 2.45) is 0 Å².